The highest BCUT2D eigenvalue weighted by Crippen LogP contribution is 2.28. The number of ether oxygens (including phenoxy) is 2. The predicted octanol–water partition coefficient (Wildman–Crippen LogP) is 2.23. The molecule has 2 N–H and O–H groups in total. The van der Waals surface area contributed by atoms with Crippen molar-refractivity contribution in [1.82, 2.24) is 0 Å². The van der Waals surface area contributed by atoms with E-state index in [1.54, 1.807) is 7.11 Å². The van der Waals surface area contributed by atoms with E-state index in [1.165, 1.54) is 5.56 Å². The molecule has 1 rings (SSSR count). The van der Waals surface area contributed by atoms with Gasteiger partial charge in [0.05, 0.1) is 13.7 Å². The predicted molar refractivity (Wildman–Crippen MR) is 66.1 cm³/mol. The number of hydrogen-bond acceptors (Lipinski definition) is 3. The van der Waals surface area contributed by atoms with Crippen molar-refractivity contribution in [2.45, 2.75) is 20.3 Å². The van der Waals surface area contributed by atoms with Gasteiger partial charge < -0.3 is 15.2 Å². The first-order valence-electron chi connectivity index (χ1n) is 5.71. The van der Waals surface area contributed by atoms with Crippen molar-refractivity contribution in [2.24, 2.45) is 11.7 Å². The van der Waals surface area contributed by atoms with E-state index >= 15 is 0 Å². The third-order valence-corrected chi connectivity index (χ3v) is 2.51. The first kappa shape index (κ1) is 12.8. The molecule has 0 aliphatic heterocycles. The molecule has 0 radical (unpaired) electrons. The molecule has 0 aromatic heterocycles. The monoisotopic (exact) mass is 223 g/mol. The van der Waals surface area contributed by atoms with Crippen LogP contribution >= 0.6 is 0 Å². The fourth-order valence-corrected chi connectivity index (χ4v) is 1.60. The molecule has 0 amide bonds. The van der Waals surface area contributed by atoms with Crippen LogP contribution in [0, 0.1) is 5.92 Å². The topological polar surface area (TPSA) is 44.5 Å². The lowest BCUT2D eigenvalue weighted by atomic mass is 10.0. The van der Waals surface area contributed by atoms with Gasteiger partial charge in [0.25, 0.3) is 0 Å². The molecule has 1 aromatic rings. The average Bonchev–Trinajstić information content (AvgIpc) is 2.31. The van der Waals surface area contributed by atoms with Crippen LogP contribution in [-0.2, 0) is 6.42 Å². The second kappa shape index (κ2) is 6.38. The Morgan fingerprint density at radius 1 is 1.31 bits per heavy atom. The van der Waals surface area contributed by atoms with Gasteiger partial charge in [-0.3, -0.25) is 0 Å². The van der Waals surface area contributed by atoms with E-state index < -0.39 is 0 Å². The summed E-state index contributed by atoms with van der Waals surface area (Å²) in [5, 5.41) is 0. The number of rotatable bonds is 6. The zero-order chi connectivity index (χ0) is 12.0. The van der Waals surface area contributed by atoms with Crippen LogP contribution in [0.25, 0.3) is 0 Å². The minimum Gasteiger partial charge on any atom is -0.493 e. The summed E-state index contributed by atoms with van der Waals surface area (Å²) >= 11 is 0. The molecule has 1 atom stereocenters. The van der Waals surface area contributed by atoms with Gasteiger partial charge in [-0.25, -0.2) is 0 Å². The third kappa shape index (κ3) is 3.42. The largest absolute Gasteiger partial charge is 0.493 e. The Hall–Kier alpha value is -1.22. The average molecular weight is 223 g/mol. The molecule has 0 bridgehead atoms. The lowest BCUT2D eigenvalue weighted by molar-refractivity contribution is 0.310. The molecular formula is C13H21NO2. The maximum atomic E-state index is 5.61. The van der Waals surface area contributed by atoms with Gasteiger partial charge in [-0.2, -0.15) is 0 Å². The normalized spacial score (nSPS) is 12.2. The lowest BCUT2D eigenvalue weighted by Gasteiger charge is -2.13. The van der Waals surface area contributed by atoms with Crippen molar-refractivity contribution < 1.29 is 9.47 Å². The lowest BCUT2D eigenvalue weighted by Crippen LogP contribution is -2.13. The second-order valence-corrected chi connectivity index (χ2v) is 3.96. The Morgan fingerprint density at radius 2 is 2.06 bits per heavy atom. The molecule has 0 saturated carbocycles. The first-order valence-corrected chi connectivity index (χ1v) is 5.71. The molecule has 90 valence electrons. The van der Waals surface area contributed by atoms with Gasteiger partial charge >= 0.3 is 0 Å². The fraction of sp³-hybridized carbons (Fsp3) is 0.538. The Morgan fingerprint density at radius 3 is 2.62 bits per heavy atom. The van der Waals surface area contributed by atoms with Crippen molar-refractivity contribution in [1.29, 1.82) is 0 Å². The Kier molecular flexibility index (Phi) is 5.12. The molecule has 1 aromatic carbocycles. The summed E-state index contributed by atoms with van der Waals surface area (Å²) < 4.78 is 10.8. The van der Waals surface area contributed by atoms with Crippen molar-refractivity contribution in [2.75, 3.05) is 20.3 Å². The van der Waals surface area contributed by atoms with Crippen LogP contribution in [0.15, 0.2) is 18.2 Å². The van der Waals surface area contributed by atoms with Crippen molar-refractivity contribution in [3.05, 3.63) is 23.8 Å². The van der Waals surface area contributed by atoms with Crippen LogP contribution < -0.4 is 15.2 Å². The maximum absolute atomic E-state index is 5.61. The summed E-state index contributed by atoms with van der Waals surface area (Å²) in [6.07, 6.45) is 0.971. The quantitative estimate of drug-likeness (QED) is 0.804. The van der Waals surface area contributed by atoms with Gasteiger partial charge in [0.1, 0.15) is 0 Å². The summed E-state index contributed by atoms with van der Waals surface area (Å²) in [6, 6.07) is 6.05. The number of benzene rings is 1. The van der Waals surface area contributed by atoms with E-state index in [9.17, 15) is 0 Å². The van der Waals surface area contributed by atoms with E-state index in [0.717, 1.165) is 17.9 Å². The van der Waals surface area contributed by atoms with Gasteiger partial charge in [-0.1, -0.05) is 13.0 Å². The van der Waals surface area contributed by atoms with Crippen molar-refractivity contribution in [3.63, 3.8) is 0 Å². The smallest absolute Gasteiger partial charge is 0.161 e. The Labute approximate surface area is 97.6 Å². The van der Waals surface area contributed by atoms with Crippen LogP contribution in [0.5, 0.6) is 11.5 Å². The van der Waals surface area contributed by atoms with Gasteiger partial charge in [0, 0.05) is 0 Å². The number of nitrogens with two attached hydrogens (primary N) is 1. The second-order valence-electron chi connectivity index (χ2n) is 3.96. The minimum absolute atomic E-state index is 0.489. The van der Waals surface area contributed by atoms with Crippen LogP contribution in [0.1, 0.15) is 19.4 Å². The van der Waals surface area contributed by atoms with E-state index in [0.29, 0.717) is 19.1 Å². The Bertz CT molecular complexity index is 326. The van der Waals surface area contributed by atoms with E-state index in [4.69, 9.17) is 15.2 Å². The SMILES string of the molecule is CCOc1ccc(CC(C)CN)cc1OC. The fourth-order valence-electron chi connectivity index (χ4n) is 1.60. The molecule has 0 aliphatic carbocycles. The highest BCUT2D eigenvalue weighted by Gasteiger charge is 2.07. The van der Waals surface area contributed by atoms with Crippen molar-refractivity contribution >= 4 is 0 Å². The van der Waals surface area contributed by atoms with E-state index in [1.807, 2.05) is 19.1 Å². The van der Waals surface area contributed by atoms with Gasteiger partial charge in [-0.05, 0) is 43.5 Å². The molecule has 3 heteroatoms. The molecule has 16 heavy (non-hydrogen) atoms. The zero-order valence-electron chi connectivity index (χ0n) is 10.3. The van der Waals surface area contributed by atoms with Crippen LogP contribution in [0.2, 0.25) is 0 Å². The first-order chi connectivity index (χ1) is 7.71. The molecule has 0 fully saturated rings. The van der Waals surface area contributed by atoms with Crippen molar-refractivity contribution in [3.8, 4) is 11.5 Å². The Balaban J connectivity index is 2.81. The summed E-state index contributed by atoms with van der Waals surface area (Å²) in [5.41, 5.74) is 6.85. The summed E-state index contributed by atoms with van der Waals surface area (Å²) in [5.74, 6) is 2.08. The molecule has 0 heterocycles. The minimum atomic E-state index is 0.489. The van der Waals surface area contributed by atoms with Crippen LogP contribution in [-0.4, -0.2) is 20.3 Å². The summed E-state index contributed by atoms with van der Waals surface area (Å²) in [7, 11) is 1.66. The molecule has 0 aliphatic rings. The highest BCUT2D eigenvalue weighted by atomic mass is 16.5. The zero-order valence-corrected chi connectivity index (χ0v) is 10.3. The van der Waals surface area contributed by atoms with Gasteiger partial charge in [0.15, 0.2) is 11.5 Å². The standard InChI is InChI=1S/C13H21NO2/c1-4-16-12-6-5-11(7-10(2)9-14)8-13(12)15-3/h5-6,8,10H,4,7,9,14H2,1-3H3. The summed E-state index contributed by atoms with van der Waals surface area (Å²) in [6.45, 7) is 5.46. The molecular weight excluding hydrogens is 202 g/mol. The molecule has 1 unspecified atom stereocenters. The molecule has 0 spiro atoms. The summed E-state index contributed by atoms with van der Waals surface area (Å²) in [4.78, 5) is 0. The highest BCUT2D eigenvalue weighted by molar-refractivity contribution is 5.43. The van der Waals surface area contributed by atoms with Crippen LogP contribution in [0.3, 0.4) is 0 Å². The van der Waals surface area contributed by atoms with Crippen LogP contribution in [0.4, 0.5) is 0 Å². The van der Waals surface area contributed by atoms with Gasteiger partial charge in [0.2, 0.25) is 0 Å². The third-order valence-electron chi connectivity index (χ3n) is 2.51. The maximum Gasteiger partial charge on any atom is 0.161 e. The number of hydrogen-bond donors (Lipinski definition) is 1. The van der Waals surface area contributed by atoms with E-state index in [-0.39, 0.29) is 0 Å². The van der Waals surface area contributed by atoms with Gasteiger partial charge in [-0.15, -0.1) is 0 Å². The number of methoxy groups -OCH3 is 1. The van der Waals surface area contributed by atoms with E-state index in [2.05, 4.69) is 13.0 Å². The molecule has 0 saturated heterocycles. The molecule has 3 nitrogen and oxygen atoms in total.